The molecule has 0 bridgehead atoms. The molecule has 0 radical (unpaired) electrons. The molecule has 148 valence electrons. The van der Waals surface area contributed by atoms with Gasteiger partial charge in [-0.1, -0.05) is 36.4 Å². The van der Waals surface area contributed by atoms with E-state index in [0.29, 0.717) is 6.61 Å². The number of hydrogen-bond acceptors (Lipinski definition) is 3. The Balaban J connectivity index is 1.30. The highest BCUT2D eigenvalue weighted by molar-refractivity contribution is 7.20. The van der Waals surface area contributed by atoms with E-state index in [0.717, 1.165) is 28.7 Å². The van der Waals surface area contributed by atoms with E-state index in [2.05, 4.69) is 54.6 Å². The van der Waals surface area contributed by atoms with Crippen molar-refractivity contribution in [3.05, 3.63) is 76.2 Å². The molecule has 0 saturated heterocycles. The molecule has 6 rings (SSSR count). The van der Waals surface area contributed by atoms with Crippen molar-refractivity contribution >= 4 is 42.8 Å². The van der Waals surface area contributed by atoms with Gasteiger partial charge in [0.1, 0.15) is 5.75 Å². The number of thiophene rings is 2. The van der Waals surface area contributed by atoms with Crippen LogP contribution in [-0.2, 0) is 12.8 Å². The molecule has 1 nitrogen and oxygen atoms in total. The van der Waals surface area contributed by atoms with Gasteiger partial charge in [-0.25, -0.2) is 0 Å². The van der Waals surface area contributed by atoms with Gasteiger partial charge in [-0.05, 0) is 71.5 Å². The number of hydrogen-bond donors (Lipinski definition) is 0. The summed E-state index contributed by atoms with van der Waals surface area (Å²) in [5, 5.41) is 2.20. The number of benzene rings is 3. The molecule has 4 heteroatoms. The summed E-state index contributed by atoms with van der Waals surface area (Å²) in [7, 11) is 0. The van der Waals surface area contributed by atoms with Gasteiger partial charge in [0.15, 0.2) is 5.13 Å². The van der Waals surface area contributed by atoms with Crippen LogP contribution in [0.2, 0.25) is 0 Å². The van der Waals surface area contributed by atoms with Crippen molar-refractivity contribution in [1.82, 2.24) is 0 Å². The number of ether oxygens (including phenoxy) is 1. The van der Waals surface area contributed by atoms with Gasteiger partial charge in [0.2, 0.25) is 0 Å². The molecule has 0 amide bonds. The third-order valence-corrected chi connectivity index (χ3v) is 8.01. The lowest BCUT2D eigenvalue weighted by molar-refractivity contribution is 0.340. The summed E-state index contributed by atoms with van der Waals surface area (Å²) in [5.41, 5.74) is 6.43. The normalized spacial score (nSPS) is 12.1. The van der Waals surface area contributed by atoms with E-state index >= 15 is 0 Å². The highest BCUT2D eigenvalue weighted by Crippen LogP contribution is 2.56. The molecule has 0 spiro atoms. The van der Waals surface area contributed by atoms with Crippen LogP contribution >= 0.6 is 22.7 Å². The lowest BCUT2D eigenvalue weighted by Gasteiger charge is -2.25. The molecule has 2 aromatic heterocycles. The summed E-state index contributed by atoms with van der Waals surface area (Å²) in [6, 6.07) is 21.0. The predicted octanol–water partition coefficient (Wildman–Crippen LogP) is 8.09. The Morgan fingerprint density at radius 3 is 2.13 bits per heavy atom. The second-order valence-corrected chi connectivity index (χ2v) is 9.79. The van der Waals surface area contributed by atoms with E-state index in [4.69, 9.17) is 4.74 Å². The zero-order valence-electron chi connectivity index (χ0n) is 16.5. The van der Waals surface area contributed by atoms with E-state index in [-0.39, 0.29) is 5.13 Å². The zero-order valence-corrected chi connectivity index (χ0v) is 18.1. The first-order valence-corrected chi connectivity index (χ1v) is 11.8. The molecule has 1 aliphatic carbocycles. The highest BCUT2D eigenvalue weighted by atomic mass is 32.1. The number of fused-ring (bicyclic) bond motifs is 8. The van der Waals surface area contributed by atoms with Crippen LogP contribution in [0.5, 0.6) is 5.75 Å². The zero-order chi connectivity index (χ0) is 20.2. The van der Waals surface area contributed by atoms with Gasteiger partial charge in [-0.15, -0.1) is 22.7 Å². The number of aryl methyl sites for hydroxylation is 2. The molecular weight excluding hydrogens is 411 g/mol. The SMILES string of the molecule is CCOc1ccc(CCc2cc3ccc4c(c3s2)-c2ccc3cc(F)sc3c2-4)cc1. The topological polar surface area (TPSA) is 9.23 Å². The molecule has 0 saturated carbocycles. The van der Waals surface area contributed by atoms with Gasteiger partial charge in [0.25, 0.3) is 0 Å². The second-order valence-electron chi connectivity index (χ2n) is 7.65. The quantitative estimate of drug-likeness (QED) is 0.268. The van der Waals surface area contributed by atoms with Crippen LogP contribution < -0.4 is 4.74 Å². The van der Waals surface area contributed by atoms with Gasteiger partial charge < -0.3 is 4.74 Å². The summed E-state index contributed by atoms with van der Waals surface area (Å²) >= 11 is 3.15. The molecule has 1 aliphatic rings. The Morgan fingerprint density at radius 1 is 0.767 bits per heavy atom. The van der Waals surface area contributed by atoms with Crippen molar-refractivity contribution in [3.63, 3.8) is 0 Å². The Bertz CT molecular complexity index is 1410. The van der Waals surface area contributed by atoms with E-state index in [1.54, 1.807) is 6.07 Å². The maximum Gasteiger partial charge on any atom is 0.177 e. The van der Waals surface area contributed by atoms with Crippen molar-refractivity contribution in [2.24, 2.45) is 0 Å². The van der Waals surface area contributed by atoms with Crippen LogP contribution in [0, 0.1) is 5.13 Å². The predicted molar refractivity (Wildman–Crippen MR) is 127 cm³/mol. The van der Waals surface area contributed by atoms with Gasteiger partial charge in [0, 0.05) is 25.4 Å². The molecule has 0 unspecified atom stereocenters. The molecule has 3 aromatic carbocycles. The average Bonchev–Trinajstić information content (AvgIpc) is 3.31. The summed E-state index contributed by atoms with van der Waals surface area (Å²) in [6.45, 7) is 2.70. The summed E-state index contributed by atoms with van der Waals surface area (Å²) in [6.07, 6.45) is 2.05. The fourth-order valence-electron chi connectivity index (χ4n) is 4.43. The molecular formula is C26H19FOS2. The molecule has 30 heavy (non-hydrogen) atoms. The lowest BCUT2D eigenvalue weighted by Crippen LogP contribution is -1.98. The Labute approximate surface area is 182 Å². The third kappa shape index (κ3) is 2.78. The van der Waals surface area contributed by atoms with Crippen molar-refractivity contribution in [2.45, 2.75) is 19.8 Å². The average molecular weight is 431 g/mol. The minimum Gasteiger partial charge on any atom is -0.494 e. The Morgan fingerprint density at radius 2 is 1.43 bits per heavy atom. The van der Waals surface area contributed by atoms with E-state index < -0.39 is 0 Å². The highest BCUT2D eigenvalue weighted by Gasteiger charge is 2.28. The minimum atomic E-state index is -0.111. The number of halogens is 1. The molecule has 0 N–H and O–H groups in total. The monoisotopic (exact) mass is 430 g/mol. The standard InChI is InChI=1S/C26H19FOS2/c1-2-28-18-8-3-15(4-9-18)5-10-19-13-16-6-11-20-23(25(16)29-19)21-12-7-17-14-22(27)30-26(17)24(20)21/h3-4,6-9,11-14H,2,5,10H2,1H3. The molecule has 0 atom stereocenters. The van der Waals surface area contributed by atoms with E-state index in [1.807, 2.05) is 18.3 Å². The van der Waals surface area contributed by atoms with Crippen LogP contribution in [0.1, 0.15) is 17.4 Å². The first-order valence-electron chi connectivity index (χ1n) is 10.2. The molecule has 2 heterocycles. The van der Waals surface area contributed by atoms with Crippen molar-refractivity contribution in [2.75, 3.05) is 6.61 Å². The fourth-order valence-corrected chi connectivity index (χ4v) is 6.59. The maximum atomic E-state index is 13.8. The molecule has 0 fully saturated rings. The van der Waals surface area contributed by atoms with E-state index in [1.165, 1.54) is 54.1 Å². The number of rotatable bonds is 5. The summed E-state index contributed by atoms with van der Waals surface area (Å²) < 4.78 is 21.8. The van der Waals surface area contributed by atoms with Crippen LogP contribution in [0.4, 0.5) is 4.39 Å². The van der Waals surface area contributed by atoms with Crippen molar-refractivity contribution in [3.8, 4) is 28.0 Å². The van der Waals surface area contributed by atoms with Crippen LogP contribution in [-0.4, -0.2) is 6.61 Å². The van der Waals surface area contributed by atoms with Gasteiger partial charge >= 0.3 is 0 Å². The fraction of sp³-hybridized carbons (Fsp3) is 0.154. The second kappa shape index (κ2) is 6.93. The van der Waals surface area contributed by atoms with Crippen molar-refractivity contribution in [1.29, 1.82) is 0 Å². The van der Waals surface area contributed by atoms with Crippen LogP contribution in [0.3, 0.4) is 0 Å². The largest absolute Gasteiger partial charge is 0.494 e. The van der Waals surface area contributed by atoms with Crippen LogP contribution in [0.15, 0.2) is 60.7 Å². The van der Waals surface area contributed by atoms with E-state index in [9.17, 15) is 4.39 Å². The lowest BCUT2D eigenvalue weighted by atomic mass is 9.79. The Hall–Kier alpha value is -2.69. The first-order chi connectivity index (χ1) is 14.7. The van der Waals surface area contributed by atoms with Crippen molar-refractivity contribution < 1.29 is 9.13 Å². The first kappa shape index (κ1) is 18.1. The molecule has 0 aliphatic heterocycles. The summed E-state index contributed by atoms with van der Waals surface area (Å²) in [5.74, 6) is 0.931. The smallest absolute Gasteiger partial charge is 0.177 e. The molecule has 5 aromatic rings. The van der Waals surface area contributed by atoms with Gasteiger partial charge in [-0.3, -0.25) is 0 Å². The third-order valence-electron chi connectivity index (χ3n) is 5.83. The van der Waals surface area contributed by atoms with Gasteiger partial charge in [-0.2, -0.15) is 4.39 Å². The maximum absolute atomic E-state index is 13.8. The van der Waals surface area contributed by atoms with Gasteiger partial charge in [0.05, 0.1) is 6.61 Å². The minimum absolute atomic E-state index is 0.111. The Kier molecular flexibility index (Phi) is 4.18. The summed E-state index contributed by atoms with van der Waals surface area (Å²) in [4.78, 5) is 1.41. The van der Waals surface area contributed by atoms with Crippen LogP contribution in [0.25, 0.3) is 42.4 Å².